The second-order valence-electron chi connectivity index (χ2n) is 7.46. The van der Waals surface area contributed by atoms with Crippen molar-refractivity contribution in [2.75, 3.05) is 6.61 Å². The molecule has 112 valence electrons. The van der Waals surface area contributed by atoms with Crippen molar-refractivity contribution < 1.29 is 19.0 Å². The predicted molar refractivity (Wildman–Crippen MR) is 72.2 cm³/mol. The van der Waals surface area contributed by atoms with Crippen molar-refractivity contribution in [2.24, 2.45) is 11.8 Å². The standard InChI is InChI=1S/C16H24O4/c1-10-4-3-7-16(13(10)20-16)14(17)18-9-11-5-6-12-15(2,8-11)19-12/h10-13H,3-9H2,1-2H3. The third kappa shape index (κ3) is 1.92. The highest BCUT2D eigenvalue weighted by molar-refractivity contribution is 5.83. The summed E-state index contributed by atoms with van der Waals surface area (Å²) in [4.78, 5) is 12.3. The molecule has 2 saturated heterocycles. The lowest BCUT2D eigenvalue weighted by molar-refractivity contribution is -0.152. The molecule has 4 heteroatoms. The Labute approximate surface area is 120 Å². The second-order valence-corrected chi connectivity index (χ2v) is 7.46. The average molecular weight is 280 g/mol. The largest absolute Gasteiger partial charge is 0.463 e. The van der Waals surface area contributed by atoms with Crippen molar-refractivity contribution in [1.29, 1.82) is 0 Å². The van der Waals surface area contributed by atoms with Crippen LogP contribution in [0.4, 0.5) is 0 Å². The van der Waals surface area contributed by atoms with Crippen LogP contribution in [0.1, 0.15) is 52.4 Å². The number of hydrogen-bond donors (Lipinski definition) is 0. The zero-order valence-electron chi connectivity index (χ0n) is 12.4. The zero-order chi connectivity index (χ0) is 14.0. The fourth-order valence-electron chi connectivity index (χ4n) is 4.43. The van der Waals surface area contributed by atoms with Crippen LogP contribution in [0.25, 0.3) is 0 Å². The van der Waals surface area contributed by atoms with E-state index >= 15 is 0 Å². The monoisotopic (exact) mass is 280 g/mol. The molecule has 0 amide bonds. The van der Waals surface area contributed by atoms with Crippen molar-refractivity contribution in [1.82, 2.24) is 0 Å². The van der Waals surface area contributed by atoms with E-state index in [0.717, 1.165) is 32.1 Å². The molecule has 4 rings (SSSR count). The highest BCUT2D eigenvalue weighted by Crippen LogP contribution is 2.52. The van der Waals surface area contributed by atoms with Gasteiger partial charge in [-0.3, -0.25) is 0 Å². The molecule has 6 unspecified atom stereocenters. The SMILES string of the molecule is CC1CCCC2(C(=O)OCC3CCC4OC4(C)C3)OC12. The van der Waals surface area contributed by atoms with Gasteiger partial charge in [0.25, 0.3) is 0 Å². The number of epoxide rings is 2. The summed E-state index contributed by atoms with van der Waals surface area (Å²) in [5.41, 5.74) is -0.500. The lowest BCUT2D eigenvalue weighted by Crippen LogP contribution is -2.36. The number of hydrogen-bond acceptors (Lipinski definition) is 4. The summed E-state index contributed by atoms with van der Waals surface area (Å²) < 4.78 is 17.0. The van der Waals surface area contributed by atoms with Crippen LogP contribution in [-0.2, 0) is 19.0 Å². The van der Waals surface area contributed by atoms with E-state index in [1.165, 1.54) is 6.42 Å². The minimum absolute atomic E-state index is 0.0750. The molecule has 4 fully saturated rings. The molecule has 4 aliphatic rings. The number of ether oxygens (including phenoxy) is 3. The maximum absolute atomic E-state index is 12.3. The van der Waals surface area contributed by atoms with Gasteiger partial charge in [-0.2, -0.15) is 0 Å². The van der Waals surface area contributed by atoms with E-state index in [1.54, 1.807) is 0 Å². The van der Waals surface area contributed by atoms with Crippen LogP contribution in [0.3, 0.4) is 0 Å². The molecule has 0 radical (unpaired) electrons. The fourth-order valence-corrected chi connectivity index (χ4v) is 4.43. The first kappa shape index (κ1) is 13.1. The Morgan fingerprint density at radius 3 is 2.95 bits per heavy atom. The molecule has 20 heavy (non-hydrogen) atoms. The van der Waals surface area contributed by atoms with Crippen molar-refractivity contribution in [3.8, 4) is 0 Å². The fraction of sp³-hybridized carbons (Fsp3) is 0.938. The van der Waals surface area contributed by atoms with E-state index < -0.39 is 5.60 Å². The molecular formula is C16H24O4. The molecule has 2 aliphatic heterocycles. The van der Waals surface area contributed by atoms with Gasteiger partial charge >= 0.3 is 5.97 Å². The van der Waals surface area contributed by atoms with E-state index in [9.17, 15) is 4.79 Å². The molecule has 0 bridgehead atoms. The Bertz CT molecular complexity index is 436. The van der Waals surface area contributed by atoms with Crippen LogP contribution in [0.5, 0.6) is 0 Å². The number of carbonyl (C=O) groups is 1. The van der Waals surface area contributed by atoms with E-state index in [0.29, 0.717) is 24.5 Å². The Morgan fingerprint density at radius 1 is 1.30 bits per heavy atom. The summed E-state index contributed by atoms with van der Waals surface area (Å²) in [6.07, 6.45) is 6.91. The minimum Gasteiger partial charge on any atom is -0.463 e. The van der Waals surface area contributed by atoms with Crippen LogP contribution < -0.4 is 0 Å². The molecular weight excluding hydrogens is 256 g/mol. The first-order valence-corrected chi connectivity index (χ1v) is 8.06. The third-order valence-electron chi connectivity index (χ3n) is 5.83. The van der Waals surface area contributed by atoms with Gasteiger partial charge in [0.05, 0.1) is 18.3 Å². The van der Waals surface area contributed by atoms with Gasteiger partial charge in [-0.1, -0.05) is 6.92 Å². The van der Waals surface area contributed by atoms with Crippen LogP contribution >= 0.6 is 0 Å². The topological polar surface area (TPSA) is 51.4 Å². The normalized spacial score (nSPS) is 52.7. The molecule has 0 spiro atoms. The van der Waals surface area contributed by atoms with Crippen molar-refractivity contribution in [3.63, 3.8) is 0 Å². The van der Waals surface area contributed by atoms with Crippen molar-refractivity contribution >= 4 is 5.97 Å². The van der Waals surface area contributed by atoms with Gasteiger partial charge in [0.2, 0.25) is 0 Å². The molecule has 6 atom stereocenters. The zero-order valence-corrected chi connectivity index (χ0v) is 12.4. The molecule has 0 aromatic rings. The summed E-state index contributed by atoms with van der Waals surface area (Å²) in [6.45, 7) is 4.88. The van der Waals surface area contributed by atoms with Gasteiger partial charge in [-0.15, -0.1) is 0 Å². The van der Waals surface area contributed by atoms with Gasteiger partial charge in [0.15, 0.2) is 5.60 Å². The number of carbonyl (C=O) groups excluding carboxylic acids is 1. The second kappa shape index (κ2) is 4.20. The lowest BCUT2D eigenvalue weighted by atomic mass is 9.82. The van der Waals surface area contributed by atoms with Gasteiger partial charge in [0.1, 0.15) is 6.10 Å². The quantitative estimate of drug-likeness (QED) is 0.588. The minimum atomic E-state index is -0.575. The maximum Gasteiger partial charge on any atom is 0.341 e. The Morgan fingerprint density at radius 2 is 2.15 bits per heavy atom. The summed E-state index contributed by atoms with van der Waals surface area (Å²) >= 11 is 0. The van der Waals surface area contributed by atoms with E-state index in [2.05, 4.69) is 13.8 Å². The first-order valence-electron chi connectivity index (χ1n) is 8.06. The maximum atomic E-state index is 12.3. The molecule has 2 heterocycles. The van der Waals surface area contributed by atoms with E-state index in [-0.39, 0.29) is 17.7 Å². The molecule has 0 aromatic carbocycles. The smallest absolute Gasteiger partial charge is 0.341 e. The lowest BCUT2D eigenvalue weighted by Gasteiger charge is -2.25. The summed E-state index contributed by atoms with van der Waals surface area (Å²) in [7, 11) is 0. The third-order valence-corrected chi connectivity index (χ3v) is 5.83. The van der Waals surface area contributed by atoms with Gasteiger partial charge < -0.3 is 14.2 Å². The number of rotatable bonds is 3. The Hall–Kier alpha value is -0.610. The van der Waals surface area contributed by atoms with Crippen LogP contribution in [0.2, 0.25) is 0 Å². The highest BCUT2D eigenvalue weighted by Gasteiger charge is 2.66. The van der Waals surface area contributed by atoms with Crippen LogP contribution in [-0.4, -0.2) is 36.0 Å². The summed E-state index contributed by atoms with van der Waals surface area (Å²) in [6, 6.07) is 0. The van der Waals surface area contributed by atoms with Crippen molar-refractivity contribution in [2.45, 2.75) is 75.8 Å². The first-order chi connectivity index (χ1) is 9.53. The van der Waals surface area contributed by atoms with Crippen LogP contribution in [0.15, 0.2) is 0 Å². The van der Waals surface area contributed by atoms with Crippen LogP contribution in [0, 0.1) is 11.8 Å². The molecule has 0 aromatic heterocycles. The van der Waals surface area contributed by atoms with E-state index in [1.807, 2.05) is 0 Å². The molecule has 2 aliphatic carbocycles. The van der Waals surface area contributed by atoms with Gasteiger partial charge in [0, 0.05) is 0 Å². The van der Waals surface area contributed by atoms with E-state index in [4.69, 9.17) is 14.2 Å². The van der Waals surface area contributed by atoms with Crippen molar-refractivity contribution in [3.05, 3.63) is 0 Å². The Kier molecular flexibility index (Phi) is 2.75. The molecule has 0 N–H and O–H groups in total. The van der Waals surface area contributed by atoms with Gasteiger partial charge in [-0.25, -0.2) is 4.79 Å². The molecule has 2 saturated carbocycles. The number of esters is 1. The summed E-state index contributed by atoms with van der Waals surface area (Å²) in [5, 5.41) is 0. The average Bonchev–Trinajstić information content (AvgIpc) is 3.28. The Balaban J connectivity index is 1.31. The predicted octanol–water partition coefficient (Wildman–Crippen LogP) is 2.44. The number of fused-ring (bicyclic) bond motifs is 2. The van der Waals surface area contributed by atoms with Gasteiger partial charge in [-0.05, 0) is 57.3 Å². The summed E-state index contributed by atoms with van der Waals surface area (Å²) in [5.74, 6) is 0.834. The molecule has 4 nitrogen and oxygen atoms in total. The highest BCUT2D eigenvalue weighted by atomic mass is 16.7.